The molecule has 30 heavy (non-hydrogen) atoms. The fraction of sp³-hybridized carbons (Fsp3) is 0.545. The van der Waals surface area contributed by atoms with Crippen LogP contribution in [0.15, 0.2) is 24.3 Å². The van der Waals surface area contributed by atoms with Gasteiger partial charge in [0.1, 0.15) is 18.0 Å². The monoisotopic (exact) mass is 413 g/mol. The molecule has 0 aliphatic carbocycles. The van der Waals surface area contributed by atoms with Crippen LogP contribution in [-0.4, -0.2) is 67.5 Å². The molecule has 0 amide bonds. The number of nitrogens with one attached hydrogen (secondary N) is 2. The van der Waals surface area contributed by atoms with Crippen LogP contribution in [0.5, 0.6) is 11.5 Å². The van der Waals surface area contributed by atoms with Crippen molar-refractivity contribution in [3.63, 3.8) is 0 Å². The second kappa shape index (κ2) is 9.49. The van der Waals surface area contributed by atoms with Gasteiger partial charge in [-0.1, -0.05) is 0 Å². The summed E-state index contributed by atoms with van der Waals surface area (Å²) in [5.41, 5.74) is 1.73. The Balaban J connectivity index is 1.51. The molecule has 1 aromatic heterocycles. The van der Waals surface area contributed by atoms with E-state index in [0.717, 1.165) is 56.3 Å². The fourth-order valence-corrected chi connectivity index (χ4v) is 3.83. The Kier molecular flexibility index (Phi) is 6.54. The number of likely N-dealkylation sites (tertiary alicyclic amines) is 1. The number of hydrogen-bond donors (Lipinski definition) is 2. The summed E-state index contributed by atoms with van der Waals surface area (Å²) >= 11 is 0. The van der Waals surface area contributed by atoms with Crippen molar-refractivity contribution in [2.45, 2.75) is 38.4 Å². The Bertz CT molecular complexity index is 859. The molecule has 8 nitrogen and oxygen atoms in total. The number of anilines is 3. The molecule has 162 valence electrons. The van der Waals surface area contributed by atoms with Crippen LogP contribution in [0.1, 0.15) is 25.0 Å². The average Bonchev–Trinajstić information content (AvgIpc) is 2.71. The molecule has 8 heteroatoms. The predicted molar refractivity (Wildman–Crippen MR) is 117 cm³/mol. The molecule has 2 aliphatic rings. The van der Waals surface area contributed by atoms with Crippen molar-refractivity contribution in [2.24, 2.45) is 0 Å². The largest absolute Gasteiger partial charge is 0.493 e. The maximum Gasteiger partial charge on any atom is 0.229 e. The van der Waals surface area contributed by atoms with Crippen LogP contribution in [0.2, 0.25) is 0 Å². The summed E-state index contributed by atoms with van der Waals surface area (Å²) < 4.78 is 18.0. The van der Waals surface area contributed by atoms with E-state index in [1.54, 1.807) is 7.11 Å². The highest BCUT2D eigenvalue weighted by atomic mass is 16.6. The van der Waals surface area contributed by atoms with Crippen molar-refractivity contribution in [1.82, 2.24) is 14.9 Å². The topological polar surface area (TPSA) is 80.8 Å². The first kappa shape index (κ1) is 20.7. The number of aryl methyl sites for hydroxylation is 1. The second-order valence-electron chi connectivity index (χ2n) is 7.82. The maximum absolute atomic E-state index is 6.44. The number of hydrogen-bond acceptors (Lipinski definition) is 8. The van der Waals surface area contributed by atoms with E-state index >= 15 is 0 Å². The van der Waals surface area contributed by atoms with E-state index in [9.17, 15) is 0 Å². The molecule has 3 heterocycles. The minimum Gasteiger partial charge on any atom is -0.493 e. The third kappa shape index (κ3) is 4.94. The zero-order chi connectivity index (χ0) is 20.9. The van der Waals surface area contributed by atoms with Crippen LogP contribution < -0.4 is 20.1 Å². The summed E-state index contributed by atoms with van der Waals surface area (Å²) in [6, 6.07) is 7.68. The highest BCUT2D eigenvalue weighted by molar-refractivity contribution is 5.60. The first-order valence-electron chi connectivity index (χ1n) is 10.6. The second-order valence-corrected chi connectivity index (χ2v) is 7.82. The van der Waals surface area contributed by atoms with Crippen LogP contribution in [-0.2, 0) is 4.74 Å². The molecular formula is C22H31N5O3. The molecule has 2 atom stereocenters. The minimum absolute atomic E-state index is 0.00890. The molecule has 2 N–H and O–H groups in total. The lowest BCUT2D eigenvalue weighted by molar-refractivity contribution is -0.0820. The van der Waals surface area contributed by atoms with Crippen molar-refractivity contribution >= 4 is 17.5 Å². The molecule has 0 saturated carbocycles. The van der Waals surface area contributed by atoms with Gasteiger partial charge in [-0.15, -0.1) is 0 Å². The lowest BCUT2D eigenvalue weighted by Crippen LogP contribution is -2.50. The van der Waals surface area contributed by atoms with Crippen molar-refractivity contribution < 1.29 is 14.2 Å². The molecule has 0 spiro atoms. The Morgan fingerprint density at radius 3 is 2.77 bits per heavy atom. The van der Waals surface area contributed by atoms with Crippen molar-refractivity contribution in [2.75, 3.05) is 51.0 Å². The number of rotatable bonds is 8. The Hall–Kier alpha value is -2.58. The predicted octanol–water partition coefficient (Wildman–Crippen LogP) is 3.21. The van der Waals surface area contributed by atoms with Gasteiger partial charge in [-0.3, -0.25) is 0 Å². The Morgan fingerprint density at radius 2 is 2.03 bits per heavy atom. The first-order valence-corrected chi connectivity index (χ1v) is 10.6. The maximum atomic E-state index is 6.44. The number of benzene rings is 1. The van der Waals surface area contributed by atoms with E-state index in [1.807, 2.05) is 38.2 Å². The van der Waals surface area contributed by atoms with Gasteiger partial charge < -0.3 is 29.7 Å². The number of aromatic nitrogens is 2. The van der Waals surface area contributed by atoms with E-state index in [-0.39, 0.29) is 12.2 Å². The zero-order valence-corrected chi connectivity index (χ0v) is 18.0. The lowest BCUT2D eigenvalue weighted by atomic mass is 10.0. The van der Waals surface area contributed by atoms with E-state index in [1.165, 1.54) is 6.42 Å². The Morgan fingerprint density at radius 1 is 1.17 bits per heavy atom. The first-order chi connectivity index (χ1) is 14.6. The smallest absolute Gasteiger partial charge is 0.229 e. The van der Waals surface area contributed by atoms with Crippen LogP contribution >= 0.6 is 0 Å². The zero-order valence-electron chi connectivity index (χ0n) is 18.0. The van der Waals surface area contributed by atoms with Crippen molar-refractivity contribution in [3.05, 3.63) is 30.0 Å². The van der Waals surface area contributed by atoms with Gasteiger partial charge in [0.05, 0.1) is 7.11 Å². The molecule has 2 saturated heterocycles. The number of ether oxygens (including phenoxy) is 3. The molecule has 2 fully saturated rings. The van der Waals surface area contributed by atoms with Gasteiger partial charge in [0.2, 0.25) is 5.95 Å². The van der Waals surface area contributed by atoms with Gasteiger partial charge in [-0.2, -0.15) is 4.98 Å². The molecule has 1 aromatic carbocycles. The van der Waals surface area contributed by atoms with E-state index < -0.39 is 0 Å². The van der Waals surface area contributed by atoms with Gasteiger partial charge in [0, 0.05) is 43.7 Å². The van der Waals surface area contributed by atoms with E-state index in [2.05, 4.69) is 25.5 Å². The normalized spacial score (nSPS) is 21.6. The fourth-order valence-electron chi connectivity index (χ4n) is 3.83. The summed E-state index contributed by atoms with van der Waals surface area (Å²) in [6.45, 7) is 5.98. The van der Waals surface area contributed by atoms with Crippen LogP contribution in [0.3, 0.4) is 0 Å². The summed E-state index contributed by atoms with van der Waals surface area (Å²) in [5.74, 6) is 2.71. The van der Waals surface area contributed by atoms with Gasteiger partial charge >= 0.3 is 0 Å². The van der Waals surface area contributed by atoms with Crippen molar-refractivity contribution in [3.8, 4) is 11.5 Å². The molecule has 0 bridgehead atoms. The van der Waals surface area contributed by atoms with Crippen LogP contribution in [0, 0.1) is 6.92 Å². The minimum atomic E-state index is 0.00890. The molecule has 2 aromatic rings. The Labute approximate surface area is 177 Å². The van der Waals surface area contributed by atoms with Crippen LogP contribution in [0.25, 0.3) is 0 Å². The van der Waals surface area contributed by atoms with Crippen LogP contribution in [0.4, 0.5) is 17.5 Å². The average molecular weight is 414 g/mol. The lowest BCUT2D eigenvalue weighted by Gasteiger charge is -2.39. The summed E-state index contributed by atoms with van der Waals surface area (Å²) in [6.07, 6.45) is 3.35. The summed E-state index contributed by atoms with van der Waals surface area (Å²) in [5, 5.41) is 6.33. The molecule has 0 radical (unpaired) electrons. The van der Waals surface area contributed by atoms with E-state index in [0.29, 0.717) is 17.4 Å². The van der Waals surface area contributed by atoms with Gasteiger partial charge in [0.15, 0.2) is 11.5 Å². The third-order valence-electron chi connectivity index (χ3n) is 5.57. The van der Waals surface area contributed by atoms with Crippen molar-refractivity contribution in [1.29, 1.82) is 0 Å². The van der Waals surface area contributed by atoms with Gasteiger partial charge in [-0.05, 0) is 51.4 Å². The summed E-state index contributed by atoms with van der Waals surface area (Å²) in [4.78, 5) is 11.4. The van der Waals surface area contributed by atoms with Gasteiger partial charge in [-0.25, -0.2) is 4.98 Å². The van der Waals surface area contributed by atoms with E-state index in [4.69, 9.17) is 14.2 Å². The van der Waals surface area contributed by atoms with Gasteiger partial charge in [0.25, 0.3) is 0 Å². The molecule has 0 unspecified atom stereocenters. The number of methoxy groups -OCH3 is 1. The molecule has 4 rings (SSSR count). The number of nitrogens with zero attached hydrogens (tertiary/aromatic N) is 3. The quantitative estimate of drug-likeness (QED) is 0.683. The third-order valence-corrected chi connectivity index (χ3v) is 5.57. The summed E-state index contributed by atoms with van der Waals surface area (Å²) in [7, 11) is 3.50. The molecular weight excluding hydrogens is 382 g/mol. The SMILES string of the molecule is CNc1cc(C)nc(Nc2ccc(OC)c(O[C@H]3CCCO[C@@H]3CN3CCC3)c2)n1. The highest BCUT2D eigenvalue weighted by Crippen LogP contribution is 2.34. The highest BCUT2D eigenvalue weighted by Gasteiger charge is 2.31. The molecule has 2 aliphatic heterocycles. The standard InChI is InChI=1S/C22H31N5O3/c1-15-12-21(23-2)26-22(24-15)25-16-7-8-17(28-3)19(13-16)30-18-6-4-11-29-20(18)14-27-9-5-10-27/h7-8,12-13,18,20H,4-6,9-11,14H2,1-3H3,(H2,23,24,25,26)/t18-,20+/m0/s1.